The first-order valence-corrected chi connectivity index (χ1v) is 12.6. The quantitative estimate of drug-likeness (QED) is 0.395. The van der Waals surface area contributed by atoms with Gasteiger partial charge >= 0.3 is 0 Å². The van der Waals surface area contributed by atoms with Gasteiger partial charge in [-0.2, -0.15) is 0 Å². The SMILES string of the molecule is COc1ccc(OC)c(CNS(=O)(=O)c2cc(-c3nc(-c4ccccc4)cs3)n(C)c2C)c1. The summed E-state index contributed by atoms with van der Waals surface area (Å²) >= 11 is 1.49. The normalized spacial score (nSPS) is 11.5. The second kappa shape index (κ2) is 9.38. The van der Waals surface area contributed by atoms with E-state index in [1.54, 1.807) is 45.4 Å². The van der Waals surface area contributed by atoms with Crippen LogP contribution in [0.15, 0.2) is 64.9 Å². The molecule has 7 nitrogen and oxygen atoms in total. The van der Waals surface area contributed by atoms with Gasteiger partial charge in [-0.05, 0) is 31.2 Å². The Morgan fingerprint density at radius 2 is 1.82 bits per heavy atom. The Hall–Kier alpha value is -3.14. The highest BCUT2D eigenvalue weighted by Gasteiger charge is 2.24. The summed E-state index contributed by atoms with van der Waals surface area (Å²) in [6.07, 6.45) is 0. The average Bonchev–Trinajstić information content (AvgIpc) is 3.43. The molecule has 0 aliphatic heterocycles. The number of ether oxygens (including phenoxy) is 2. The van der Waals surface area contributed by atoms with Crippen LogP contribution in [0.5, 0.6) is 11.5 Å². The molecule has 2 heterocycles. The van der Waals surface area contributed by atoms with E-state index in [9.17, 15) is 8.42 Å². The third-order valence-electron chi connectivity index (χ3n) is 5.51. The van der Waals surface area contributed by atoms with Crippen LogP contribution in [0.4, 0.5) is 0 Å². The first kappa shape index (κ1) is 23.0. The summed E-state index contributed by atoms with van der Waals surface area (Å²) in [5.41, 5.74) is 3.95. The molecular formula is C24H25N3O4S2. The van der Waals surface area contributed by atoms with Crippen LogP contribution in [0, 0.1) is 6.92 Å². The highest BCUT2D eigenvalue weighted by atomic mass is 32.2. The van der Waals surface area contributed by atoms with Crippen molar-refractivity contribution in [1.29, 1.82) is 0 Å². The van der Waals surface area contributed by atoms with Gasteiger partial charge in [0.2, 0.25) is 10.0 Å². The second-order valence-electron chi connectivity index (χ2n) is 7.44. The van der Waals surface area contributed by atoms with Crippen molar-refractivity contribution in [3.8, 4) is 33.5 Å². The number of nitrogens with one attached hydrogen (secondary N) is 1. The lowest BCUT2D eigenvalue weighted by molar-refractivity contribution is 0.398. The number of sulfonamides is 1. The minimum atomic E-state index is -3.78. The number of methoxy groups -OCH3 is 2. The highest BCUT2D eigenvalue weighted by Crippen LogP contribution is 2.33. The monoisotopic (exact) mass is 483 g/mol. The lowest BCUT2D eigenvalue weighted by Gasteiger charge is -2.12. The summed E-state index contributed by atoms with van der Waals surface area (Å²) < 4.78 is 41.5. The third-order valence-corrected chi connectivity index (χ3v) is 7.89. The molecule has 0 amide bonds. The van der Waals surface area contributed by atoms with Gasteiger partial charge < -0.3 is 14.0 Å². The van der Waals surface area contributed by atoms with Crippen molar-refractivity contribution in [2.45, 2.75) is 18.4 Å². The Balaban J connectivity index is 1.62. The van der Waals surface area contributed by atoms with E-state index in [1.807, 2.05) is 47.3 Å². The van der Waals surface area contributed by atoms with Crippen molar-refractivity contribution in [3.63, 3.8) is 0 Å². The first-order valence-electron chi connectivity index (χ1n) is 10.2. The van der Waals surface area contributed by atoms with E-state index in [1.165, 1.54) is 11.3 Å². The van der Waals surface area contributed by atoms with Crippen LogP contribution in [-0.2, 0) is 23.6 Å². The standard InChI is InChI=1S/C24H25N3O4S2/c1-16-23(33(28,29)25-14-18-12-19(30-3)10-11-22(18)31-4)13-21(27(16)2)24-26-20(15-32-24)17-8-6-5-7-9-17/h5-13,15,25H,14H2,1-4H3. The average molecular weight is 484 g/mol. The van der Waals surface area contributed by atoms with Gasteiger partial charge in [0.1, 0.15) is 21.4 Å². The van der Waals surface area contributed by atoms with E-state index >= 15 is 0 Å². The van der Waals surface area contributed by atoms with Gasteiger partial charge in [-0.25, -0.2) is 18.1 Å². The predicted molar refractivity (Wildman–Crippen MR) is 130 cm³/mol. The molecule has 0 saturated carbocycles. The Bertz CT molecular complexity index is 1380. The summed E-state index contributed by atoms with van der Waals surface area (Å²) in [6.45, 7) is 1.86. The molecule has 1 N–H and O–H groups in total. The first-order chi connectivity index (χ1) is 15.8. The Labute approximate surface area is 197 Å². The largest absolute Gasteiger partial charge is 0.497 e. The van der Waals surface area contributed by atoms with E-state index in [0.29, 0.717) is 22.8 Å². The molecule has 0 unspecified atom stereocenters. The van der Waals surface area contributed by atoms with E-state index in [0.717, 1.165) is 22.0 Å². The molecule has 9 heteroatoms. The Kier molecular flexibility index (Phi) is 6.55. The zero-order valence-electron chi connectivity index (χ0n) is 18.8. The van der Waals surface area contributed by atoms with E-state index in [2.05, 4.69) is 4.72 Å². The predicted octanol–water partition coefficient (Wildman–Crippen LogP) is 4.62. The van der Waals surface area contributed by atoms with Crippen LogP contribution in [0.1, 0.15) is 11.3 Å². The summed E-state index contributed by atoms with van der Waals surface area (Å²) in [4.78, 5) is 4.96. The van der Waals surface area contributed by atoms with Crippen LogP contribution in [0.25, 0.3) is 22.0 Å². The van der Waals surface area contributed by atoms with Crippen LogP contribution < -0.4 is 14.2 Å². The van der Waals surface area contributed by atoms with E-state index in [-0.39, 0.29) is 11.4 Å². The van der Waals surface area contributed by atoms with Gasteiger partial charge in [-0.15, -0.1) is 11.3 Å². The number of thiazole rings is 1. The lowest BCUT2D eigenvalue weighted by Crippen LogP contribution is -2.24. The molecule has 2 aromatic carbocycles. The third kappa shape index (κ3) is 4.66. The zero-order valence-corrected chi connectivity index (χ0v) is 20.5. The maximum atomic E-state index is 13.2. The minimum absolute atomic E-state index is 0.0712. The molecule has 0 fully saturated rings. The summed E-state index contributed by atoms with van der Waals surface area (Å²) in [7, 11) is 1.18. The van der Waals surface area contributed by atoms with Crippen molar-refractivity contribution >= 4 is 21.4 Å². The number of hydrogen-bond acceptors (Lipinski definition) is 6. The van der Waals surface area contributed by atoms with E-state index < -0.39 is 10.0 Å². The molecule has 4 rings (SSSR count). The molecule has 0 radical (unpaired) electrons. The van der Waals surface area contributed by atoms with Gasteiger partial charge in [-0.3, -0.25) is 0 Å². The highest BCUT2D eigenvalue weighted by molar-refractivity contribution is 7.89. The second-order valence-corrected chi connectivity index (χ2v) is 10.0. The Morgan fingerprint density at radius 3 is 2.52 bits per heavy atom. The molecule has 172 valence electrons. The fraction of sp³-hybridized carbons (Fsp3) is 0.208. The van der Waals surface area contributed by atoms with Crippen molar-refractivity contribution in [2.75, 3.05) is 14.2 Å². The molecule has 33 heavy (non-hydrogen) atoms. The minimum Gasteiger partial charge on any atom is -0.497 e. The molecular weight excluding hydrogens is 458 g/mol. The van der Waals surface area contributed by atoms with Crippen LogP contribution >= 0.6 is 11.3 Å². The summed E-state index contributed by atoms with van der Waals surface area (Å²) in [5, 5.41) is 2.74. The smallest absolute Gasteiger partial charge is 0.242 e. The van der Waals surface area contributed by atoms with Gasteiger partial charge in [0.25, 0.3) is 0 Å². The molecule has 0 bridgehead atoms. The lowest BCUT2D eigenvalue weighted by atomic mass is 10.2. The number of aromatic nitrogens is 2. The molecule has 0 saturated heterocycles. The van der Waals surface area contributed by atoms with Gasteiger partial charge in [0, 0.05) is 35.8 Å². The number of benzene rings is 2. The van der Waals surface area contributed by atoms with Crippen molar-refractivity contribution in [1.82, 2.24) is 14.3 Å². The number of rotatable bonds is 8. The van der Waals surface area contributed by atoms with Gasteiger partial charge in [0.15, 0.2) is 0 Å². The van der Waals surface area contributed by atoms with Crippen LogP contribution in [0.2, 0.25) is 0 Å². The zero-order chi connectivity index (χ0) is 23.6. The van der Waals surface area contributed by atoms with Crippen LogP contribution in [0.3, 0.4) is 0 Å². The number of nitrogens with zero attached hydrogens (tertiary/aromatic N) is 2. The fourth-order valence-corrected chi connectivity index (χ4v) is 5.73. The Morgan fingerprint density at radius 1 is 1.06 bits per heavy atom. The maximum absolute atomic E-state index is 13.2. The van der Waals surface area contributed by atoms with Gasteiger partial charge in [0.05, 0.1) is 25.6 Å². The molecule has 0 atom stereocenters. The summed E-state index contributed by atoms with van der Waals surface area (Å²) in [6, 6.07) is 16.8. The fourth-order valence-electron chi connectivity index (χ4n) is 3.55. The molecule has 4 aromatic rings. The molecule has 2 aromatic heterocycles. The molecule has 0 spiro atoms. The van der Waals surface area contributed by atoms with E-state index in [4.69, 9.17) is 14.5 Å². The van der Waals surface area contributed by atoms with Gasteiger partial charge in [-0.1, -0.05) is 30.3 Å². The van der Waals surface area contributed by atoms with Crippen molar-refractivity contribution in [3.05, 3.63) is 71.2 Å². The molecule has 0 aliphatic rings. The van der Waals surface area contributed by atoms with Crippen molar-refractivity contribution in [2.24, 2.45) is 7.05 Å². The topological polar surface area (TPSA) is 82.4 Å². The molecule has 0 aliphatic carbocycles. The van der Waals surface area contributed by atoms with Crippen LogP contribution in [-0.4, -0.2) is 32.2 Å². The van der Waals surface area contributed by atoms with Crippen molar-refractivity contribution < 1.29 is 17.9 Å². The summed E-state index contributed by atoms with van der Waals surface area (Å²) in [5.74, 6) is 1.21. The maximum Gasteiger partial charge on any atom is 0.242 e. The number of hydrogen-bond donors (Lipinski definition) is 1.